The molecular formula is C21H20F2N2O3. The number of furan rings is 1. The highest BCUT2D eigenvalue weighted by atomic mass is 19.3. The largest absolute Gasteiger partial charge is 0.464 e. The first-order valence-electron chi connectivity index (χ1n) is 9.27. The highest BCUT2D eigenvalue weighted by molar-refractivity contribution is 5.96. The number of aromatic nitrogens is 1. The van der Waals surface area contributed by atoms with Crippen molar-refractivity contribution in [3.63, 3.8) is 0 Å². The quantitative estimate of drug-likeness (QED) is 0.686. The first-order valence-corrected chi connectivity index (χ1v) is 9.27. The standard InChI is InChI=1S/C21H20F2N2O3/c22-21(23)28-16-7-5-15(6-8-16)25-20(26)14-3-1-13(2-4-14)19-17-10-12-27-18(17)9-11-24-19/h1-4,9-12,15-16,21H,5-8H2,(H,25,26). The molecule has 0 bridgehead atoms. The predicted octanol–water partition coefficient (Wildman–Crippen LogP) is 4.78. The van der Waals surface area contributed by atoms with Crippen molar-refractivity contribution in [3.05, 3.63) is 54.4 Å². The van der Waals surface area contributed by atoms with Gasteiger partial charge in [0.2, 0.25) is 0 Å². The number of alkyl halides is 2. The van der Waals surface area contributed by atoms with Gasteiger partial charge >= 0.3 is 6.61 Å². The maximum absolute atomic E-state index is 12.5. The molecule has 1 aromatic carbocycles. The van der Waals surface area contributed by atoms with Crippen molar-refractivity contribution in [2.24, 2.45) is 0 Å². The number of benzene rings is 1. The molecule has 7 heteroatoms. The summed E-state index contributed by atoms with van der Waals surface area (Å²) in [5.74, 6) is -0.167. The van der Waals surface area contributed by atoms with Gasteiger partial charge in [-0.25, -0.2) is 0 Å². The van der Waals surface area contributed by atoms with E-state index in [0.717, 1.165) is 22.2 Å². The summed E-state index contributed by atoms with van der Waals surface area (Å²) >= 11 is 0. The molecule has 0 unspecified atom stereocenters. The number of ether oxygens (including phenoxy) is 1. The number of fused-ring (bicyclic) bond motifs is 1. The van der Waals surface area contributed by atoms with Gasteiger partial charge in [0.1, 0.15) is 5.58 Å². The van der Waals surface area contributed by atoms with Gasteiger partial charge in [0.05, 0.1) is 18.1 Å². The van der Waals surface area contributed by atoms with Crippen molar-refractivity contribution >= 4 is 16.9 Å². The van der Waals surface area contributed by atoms with E-state index in [9.17, 15) is 13.6 Å². The molecule has 3 aromatic rings. The van der Waals surface area contributed by atoms with Crippen LogP contribution in [-0.4, -0.2) is 29.6 Å². The molecule has 2 heterocycles. The Kier molecular flexibility index (Phi) is 5.34. The summed E-state index contributed by atoms with van der Waals surface area (Å²) in [5.41, 5.74) is 3.01. The fraction of sp³-hybridized carbons (Fsp3) is 0.333. The zero-order valence-electron chi connectivity index (χ0n) is 15.1. The van der Waals surface area contributed by atoms with E-state index in [2.05, 4.69) is 15.0 Å². The first-order chi connectivity index (χ1) is 13.6. The average molecular weight is 386 g/mol. The van der Waals surface area contributed by atoms with Crippen molar-refractivity contribution < 1.29 is 22.7 Å². The van der Waals surface area contributed by atoms with Crippen LogP contribution in [0.5, 0.6) is 0 Å². The first kappa shape index (κ1) is 18.6. The van der Waals surface area contributed by atoms with E-state index in [-0.39, 0.29) is 11.9 Å². The van der Waals surface area contributed by atoms with Gasteiger partial charge < -0.3 is 14.5 Å². The lowest BCUT2D eigenvalue weighted by Crippen LogP contribution is -2.39. The van der Waals surface area contributed by atoms with Crippen LogP contribution in [0.4, 0.5) is 8.78 Å². The SMILES string of the molecule is O=C(NC1CCC(OC(F)F)CC1)c1ccc(-c2nccc3occc23)cc1. The van der Waals surface area contributed by atoms with Crippen molar-refractivity contribution in [1.82, 2.24) is 10.3 Å². The number of carbonyl (C=O) groups is 1. The monoisotopic (exact) mass is 386 g/mol. The molecule has 1 amide bonds. The molecule has 1 fully saturated rings. The Hall–Kier alpha value is -2.80. The molecule has 146 valence electrons. The molecular weight excluding hydrogens is 366 g/mol. The Morgan fingerprint density at radius 1 is 1.11 bits per heavy atom. The third kappa shape index (κ3) is 4.04. The minimum Gasteiger partial charge on any atom is -0.464 e. The molecule has 0 atom stereocenters. The minimum atomic E-state index is -2.74. The summed E-state index contributed by atoms with van der Waals surface area (Å²) in [7, 11) is 0. The lowest BCUT2D eigenvalue weighted by Gasteiger charge is -2.28. The number of pyridine rings is 1. The van der Waals surface area contributed by atoms with Crippen molar-refractivity contribution in [2.45, 2.75) is 44.4 Å². The number of hydrogen-bond acceptors (Lipinski definition) is 4. The highest BCUT2D eigenvalue weighted by Crippen LogP contribution is 2.27. The van der Waals surface area contributed by atoms with Gasteiger partial charge in [-0.1, -0.05) is 12.1 Å². The van der Waals surface area contributed by atoms with Gasteiger partial charge in [-0.15, -0.1) is 0 Å². The maximum atomic E-state index is 12.5. The number of rotatable bonds is 5. The van der Waals surface area contributed by atoms with Crippen LogP contribution in [0.2, 0.25) is 0 Å². The number of carbonyl (C=O) groups excluding carboxylic acids is 1. The van der Waals surface area contributed by atoms with E-state index in [4.69, 9.17) is 4.42 Å². The van der Waals surface area contributed by atoms with Crippen LogP contribution in [0, 0.1) is 0 Å². The van der Waals surface area contributed by atoms with Crippen molar-refractivity contribution in [2.75, 3.05) is 0 Å². The molecule has 4 rings (SSSR count). The molecule has 0 radical (unpaired) electrons. The van der Waals surface area contributed by atoms with Crippen molar-refractivity contribution in [3.8, 4) is 11.3 Å². The predicted molar refractivity (Wildman–Crippen MR) is 100 cm³/mol. The fourth-order valence-electron chi connectivity index (χ4n) is 3.66. The Labute approximate surface area is 160 Å². The second kappa shape index (κ2) is 8.06. The van der Waals surface area contributed by atoms with Gasteiger partial charge in [0.15, 0.2) is 0 Å². The molecule has 0 aliphatic heterocycles. The summed E-state index contributed by atoms with van der Waals surface area (Å²) in [5, 5.41) is 3.90. The van der Waals surface area contributed by atoms with E-state index in [1.807, 2.05) is 24.3 Å². The molecule has 28 heavy (non-hydrogen) atoms. The topological polar surface area (TPSA) is 64.4 Å². The van der Waals surface area contributed by atoms with Gasteiger partial charge in [-0.2, -0.15) is 8.78 Å². The molecule has 2 aromatic heterocycles. The van der Waals surface area contributed by atoms with Crippen LogP contribution in [0.25, 0.3) is 22.2 Å². The molecule has 0 spiro atoms. The summed E-state index contributed by atoms with van der Waals surface area (Å²) in [6.07, 6.45) is 5.20. The zero-order chi connectivity index (χ0) is 19.5. The Morgan fingerprint density at radius 2 is 1.86 bits per heavy atom. The van der Waals surface area contributed by atoms with E-state index in [1.165, 1.54) is 0 Å². The van der Waals surface area contributed by atoms with Gasteiger partial charge in [0.25, 0.3) is 5.91 Å². The Balaban J connectivity index is 1.39. The third-order valence-corrected chi connectivity index (χ3v) is 5.11. The second-order valence-corrected chi connectivity index (χ2v) is 6.91. The molecule has 1 saturated carbocycles. The smallest absolute Gasteiger partial charge is 0.345 e. The molecule has 1 N–H and O–H groups in total. The number of amides is 1. The lowest BCUT2D eigenvalue weighted by atomic mass is 9.92. The second-order valence-electron chi connectivity index (χ2n) is 6.91. The third-order valence-electron chi connectivity index (χ3n) is 5.11. The molecule has 1 aliphatic carbocycles. The Morgan fingerprint density at radius 3 is 2.57 bits per heavy atom. The average Bonchev–Trinajstić information content (AvgIpc) is 3.18. The Bertz CT molecular complexity index is 948. The van der Waals surface area contributed by atoms with Gasteiger partial charge in [0, 0.05) is 28.8 Å². The van der Waals surface area contributed by atoms with E-state index < -0.39 is 12.7 Å². The minimum absolute atomic E-state index is 0.0222. The van der Waals surface area contributed by atoms with Crippen LogP contribution >= 0.6 is 0 Å². The number of nitrogens with zero attached hydrogens (tertiary/aromatic N) is 1. The lowest BCUT2D eigenvalue weighted by molar-refractivity contribution is -0.170. The van der Waals surface area contributed by atoms with Crippen LogP contribution in [0.1, 0.15) is 36.0 Å². The van der Waals surface area contributed by atoms with Gasteiger partial charge in [-0.3, -0.25) is 9.78 Å². The van der Waals surface area contributed by atoms with E-state index in [0.29, 0.717) is 31.2 Å². The van der Waals surface area contributed by atoms with Crippen LogP contribution in [0.3, 0.4) is 0 Å². The van der Waals surface area contributed by atoms with Crippen LogP contribution < -0.4 is 5.32 Å². The summed E-state index contributed by atoms with van der Waals surface area (Å²) < 4.78 is 34.5. The fourth-order valence-corrected chi connectivity index (χ4v) is 3.66. The summed E-state index contributed by atoms with van der Waals surface area (Å²) in [4.78, 5) is 16.9. The normalized spacial score (nSPS) is 19.8. The van der Waals surface area contributed by atoms with Gasteiger partial charge in [-0.05, 0) is 49.9 Å². The van der Waals surface area contributed by atoms with Crippen LogP contribution in [0.15, 0.2) is 53.3 Å². The zero-order valence-corrected chi connectivity index (χ0v) is 15.1. The highest BCUT2D eigenvalue weighted by Gasteiger charge is 2.25. The summed E-state index contributed by atoms with van der Waals surface area (Å²) in [6, 6.07) is 10.9. The number of halogens is 2. The number of hydrogen-bond donors (Lipinski definition) is 1. The maximum Gasteiger partial charge on any atom is 0.345 e. The summed E-state index contributed by atoms with van der Waals surface area (Å²) in [6.45, 7) is -2.74. The van der Waals surface area contributed by atoms with E-state index in [1.54, 1.807) is 24.6 Å². The van der Waals surface area contributed by atoms with Crippen molar-refractivity contribution in [1.29, 1.82) is 0 Å². The molecule has 5 nitrogen and oxygen atoms in total. The molecule has 0 saturated heterocycles. The number of nitrogens with one attached hydrogen (secondary N) is 1. The molecule has 1 aliphatic rings. The van der Waals surface area contributed by atoms with Crippen LogP contribution in [-0.2, 0) is 4.74 Å². The van der Waals surface area contributed by atoms with E-state index >= 15 is 0 Å².